The van der Waals surface area contributed by atoms with Crippen LogP contribution in [0.5, 0.6) is 0 Å². The Morgan fingerprint density at radius 2 is 2.13 bits per heavy atom. The molecule has 1 N–H and O–H groups in total. The van der Waals surface area contributed by atoms with Gasteiger partial charge >= 0.3 is 0 Å². The monoisotopic (exact) mass is 247 g/mol. The first-order valence-electron chi connectivity index (χ1n) is 4.81. The van der Waals surface area contributed by atoms with Gasteiger partial charge in [-0.1, -0.05) is 0 Å². The van der Waals surface area contributed by atoms with Crippen molar-refractivity contribution in [2.75, 3.05) is 19.1 Å². The summed E-state index contributed by atoms with van der Waals surface area (Å²) in [4.78, 5) is 0. The number of nitrogens with one attached hydrogen (secondary N) is 1. The summed E-state index contributed by atoms with van der Waals surface area (Å²) in [5.41, 5.74) is 2.44. The molecule has 0 spiro atoms. The van der Waals surface area contributed by atoms with Crippen LogP contribution < -0.4 is 5.32 Å². The molecule has 15 heavy (non-hydrogen) atoms. The van der Waals surface area contributed by atoms with E-state index in [9.17, 15) is 8.42 Å². The lowest BCUT2D eigenvalue weighted by Crippen LogP contribution is -2.20. The first kappa shape index (κ1) is 12.7. The number of aryl methyl sites for hydroxylation is 1. The fraction of sp³-hybridized carbons (Fsp3) is 0.600. The van der Waals surface area contributed by atoms with Crippen molar-refractivity contribution in [1.29, 1.82) is 0 Å². The maximum absolute atomic E-state index is 11.1. The molecule has 86 valence electrons. The third-order valence-electron chi connectivity index (χ3n) is 2.40. The van der Waals surface area contributed by atoms with E-state index < -0.39 is 9.84 Å². The molecule has 5 heteroatoms. The van der Waals surface area contributed by atoms with E-state index in [2.05, 4.69) is 23.0 Å². The summed E-state index contributed by atoms with van der Waals surface area (Å²) >= 11 is 1.65. The molecule has 0 bridgehead atoms. The van der Waals surface area contributed by atoms with Crippen molar-refractivity contribution in [2.24, 2.45) is 0 Å². The standard InChI is InChI=1S/C10H17NO2S2/c1-8-6-14-7-9(8)10(11-2)4-5-15(3,12)13/h6-7,10-11H,4-5H2,1-3H3. The number of hydrogen-bond acceptors (Lipinski definition) is 4. The van der Waals surface area contributed by atoms with E-state index in [0.717, 1.165) is 0 Å². The van der Waals surface area contributed by atoms with Gasteiger partial charge in [-0.15, -0.1) is 0 Å². The topological polar surface area (TPSA) is 46.2 Å². The lowest BCUT2D eigenvalue weighted by molar-refractivity contribution is 0.558. The van der Waals surface area contributed by atoms with Crippen molar-refractivity contribution in [3.63, 3.8) is 0 Å². The Labute approximate surface area is 95.4 Å². The molecule has 1 heterocycles. The quantitative estimate of drug-likeness (QED) is 0.862. The van der Waals surface area contributed by atoms with Crippen LogP contribution in [-0.2, 0) is 9.84 Å². The van der Waals surface area contributed by atoms with Crippen LogP contribution in [0.2, 0.25) is 0 Å². The molecule has 1 rings (SSSR count). The molecule has 3 nitrogen and oxygen atoms in total. The SMILES string of the molecule is CNC(CCS(C)(=O)=O)c1cscc1C. The normalized spacial score (nSPS) is 14.1. The van der Waals surface area contributed by atoms with Crippen molar-refractivity contribution in [3.8, 4) is 0 Å². The molecule has 0 amide bonds. The van der Waals surface area contributed by atoms with Gasteiger partial charge in [-0.2, -0.15) is 11.3 Å². The molecule has 0 fully saturated rings. The van der Waals surface area contributed by atoms with Gasteiger partial charge in [0, 0.05) is 12.3 Å². The van der Waals surface area contributed by atoms with Gasteiger partial charge in [-0.3, -0.25) is 0 Å². The molecule has 0 aliphatic rings. The highest BCUT2D eigenvalue weighted by atomic mass is 32.2. The van der Waals surface area contributed by atoms with Crippen molar-refractivity contribution in [1.82, 2.24) is 5.32 Å². The molecule has 0 aliphatic heterocycles. The first-order valence-corrected chi connectivity index (χ1v) is 7.82. The van der Waals surface area contributed by atoms with Crippen LogP contribution >= 0.6 is 11.3 Å². The summed E-state index contributed by atoms with van der Waals surface area (Å²) in [5.74, 6) is 0.230. The predicted octanol–water partition coefficient (Wildman–Crippen LogP) is 1.75. The van der Waals surface area contributed by atoms with Gasteiger partial charge in [-0.25, -0.2) is 8.42 Å². The van der Waals surface area contributed by atoms with Crippen LogP contribution in [0.25, 0.3) is 0 Å². The van der Waals surface area contributed by atoms with Crippen LogP contribution in [0.1, 0.15) is 23.6 Å². The van der Waals surface area contributed by atoms with Crippen molar-refractivity contribution >= 4 is 21.2 Å². The van der Waals surface area contributed by atoms with E-state index in [4.69, 9.17) is 0 Å². The van der Waals surface area contributed by atoms with Gasteiger partial charge in [0.2, 0.25) is 0 Å². The first-order chi connectivity index (χ1) is 6.94. The van der Waals surface area contributed by atoms with Crippen molar-refractivity contribution < 1.29 is 8.42 Å². The molecule has 0 saturated heterocycles. The lowest BCUT2D eigenvalue weighted by atomic mass is 10.1. The third kappa shape index (κ3) is 3.93. The Bertz CT molecular complexity index is 409. The van der Waals surface area contributed by atoms with Crippen molar-refractivity contribution in [2.45, 2.75) is 19.4 Å². The van der Waals surface area contributed by atoms with Crippen LogP contribution in [0, 0.1) is 6.92 Å². The van der Waals surface area contributed by atoms with Crippen molar-refractivity contribution in [3.05, 3.63) is 21.9 Å². The minimum Gasteiger partial charge on any atom is -0.313 e. The summed E-state index contributed by atoms with van der Waals surface area (Å²) in [6.45, 7) is 2.05. The predicted molar refractivity (Wildman–Crippen MR) is 65.2 cm³/mol. The zero-order valence-electron chi connectivity index (χ0n) is 9.28. The summed E-state index contributed by atoms with van der Waals surface area (Å²) < 4.78 is 22.2. The van der Waals surface area contributed by atoms with E-state index in [0.29, 0.717) is 6.42 Å². The summed E-state index contributed by atoms with van der Waals surface area (Å²) in [5, 5.41) is 7.33. The van der Waals surface area contributed by atoms with Crippen LogP contribution in [0.15, 0.2) is 10.8 Å². The van der Waals surface area contributed by atoms with Crippen LogP contribution in [0.4, 0.5) is 0 Å². The van der Waals surface area contributed by atoms with Gasteiger partial charge in [0.05, 0.1) is 5.75 Å². The fourth-order valence-electron chi connectivity index (χ4n) is 1.51. The molecular weight excluding hydrogens is 230 g/mol. The van der Waals surface area contributed by atoms with Gasteiger partial charge in [0.25, 0.3) is 0 Å². The third-order valence-corrected chi connectivity index (χ3v) is 4.25. The average molecular weight is 247 g/mol. The molecule has 1 atom stereocenters. The molecule has 0 radical (unpaired) electrons. The minimum atomic E-state index is -2.87. The van der Waals surface area contributed by atoms with E-state index in [1.165, 1.54) is 17.4 Å². The molecule has 0 aliphatic carbocycles. The van der Waals surface area contributed by atoms with E-state index in [-0.39, 0.29) is 11.8 Å². The van der Waals surface area contributed by atoms with Gasteiger partial charge < -0.3 is 5.32 Å². The maximum Gasteiger partial charge on any atom is 0.147 e. The zero-order chi connectivity index (χ0) is 11.5. The Hall–Kier alpha value is -0.390. The molecule has 0 aromatic carbocycles. The second-order valence-corrected chi connectivity index (χ2v) is 6.77. The Morgan fingerprint density at radius 1 is 1.47 bits per heavy atom. The zero-order valence-corrected chi connectivity index (χ0v) is 10.9. The van der Waals surface area contributed by atoms with E-state index in [1.54, 1.807) is 11.3 Å². The molecular formula is C10H17NO2S2. The number of hydrogen-bond donors (Lipinski definition) is 1. The summed E-state index contributed by atoms with van der Waals surface area (Å²) in [6.07, 6.45) is 1.91. The van der Waals surface area contributed by atoms with Gasteiger partial charge in [-0.05, 0) is 42.3 Å². The molecule has 1 unspecified atom stereocenters. The second-order valence-electron chi connectivity index (χ2n) is 3.77. The highest BCUT2D eigenvalue weighted by Gasteiger charge is 2.14. The molecule has 1 aromatic rings. The van der Waals surface area contributed by atoms with E-state index >= 15 is 0 Å². The lowest BCUT2D eigenvalue weighted by Gasteiger charge is -2.15. The maximum atomic E-state index is 11.1. The number of thiophene rings is 1. The second kappa shape index (κ2) is 5.09. The number of rotatable bonds is 5. The molecule has 1 aromatic heterocycles. The summed E-state index contributed by atoms with van der Waals surface area (Å²) in [6, 6.07) is 0.144. The number of sulfone groups is 1. The van der Waals surface area contributed by atoms with Crippen LogP contribution in [0.3, 0.4) is 0 Å². The minimum absolute atomic E-state index is 0.144. The van der Waals surface area contributed by atoms with Gasteiger partial charge in [0.15, 0.2) is 0 Å². The smallest absolute Gasteiger partial charge is 0.147 e. The Balaban J connectivity index is 2.70. The average Bonchev–Trinajstić information content (AvgIpc) is 2.52. The summed E-state index contributed by atoms with van der Waals surface area (Å²) in [7, 11) is -1.00. The Kier molecular flexibility index (Phi) is 4.31. The highest BCUT2D eigenvalue weighted by molar-refractivity contribution is 7.90. The van der Waals surface area contributed by atoms with Crippen LogP contribution in [-0.4, -0.2) is 27.5 Å². The van der Waals surface area contributed by atoms with Gasteiger partial charge in [0.1, 0.15) is 9.84 Å². The largest absolute Gasteiger partial charge is 0.313 e. The van der Waals surface area contributed by atoms with E-state index in [1.807, 2.05) is 7.05 Å². The highest BCUT2D eigenvalue weighted by Crippen LogP contribution is 2.24. The Morgan fingerprint density at radius 3 is 2.53 bits per heavy atom. The fourth-order valence-corrected chi connectivity index (χ4v) is 3.08. The molecule has 0 saturated carbocycles.